The van der Waals surface area contributed by atoms with Gasteiger partial charge in [0.2, 0.25) is 0 Å². The molecule has 1 unspecified atom stereocenters. The Balaban J connectivity index is 2.26. The second kappa shape index (κ2) is 4.12. The van der Waals surface area contributed by atoms with E-state index in [4.69, 9.17) is 11.6 Å². The third-order valence-corrected chi connectivity index (χ3v) is 3.40. The van der Waals surface area contributed by atoms with E-state index >= 15 is 0 Å². The molecule has 0 spiro atoms. The van der Waals surface area contributed by atoms with E-state index in [0.29, 0.717) is 26.0 Å². The first-order valence-corrected chi connectivity index (χ1v) is 5.60. The van der Waals surface area contributed by atoms with E-state index in [2.05, 4.69) is 0 Å². The Kier molecular flexibility index (Phi) is 2.96. The Morgan fingerprint density at radius 3 is 2.38 bits per heavy atom. The van der Waals surface area contributed by atoms with Crippen LogP contribution in [0.3, 0.4) is 0 Å². The third-order valence-electron chi connectivity index (χ3n) is 3.20. The second-order valence-electron chi connectivity index (χ2n) is 4.00. The molecule has 16 heavy (non-hydrogen) atoms. The van der Waals surface area contributed by atoms with Crippen LogP contribution in [-0.4, -0.2) is 58.5 Å². The maximum Gasteiger partial charge on any atom is 0.454 e. The van der Waals surface area contributed by atoms with Crippen LogP contribution in [0.15, 0.2) is 0 Å². The second-order valence-corrected chi connectivity index (χ2v) is 4.33. The molecule has 0 N–H and O–H groups in total. The van der Waals surface area contributed by atoms with Gasteiger partial charge < -0.3 is 0 Å². The number of quaternary nitrogens is 1. The molecule has 0 aromatic rings. The zero-order chi connectivity index (χ0) is 11.8. The number of halogens is 1. The molecule has 0 radical (unpaired) electrons. The number of nitrogens with zero attached hydrogens (tertiary/aromatic N) is 3. The summed E-state index contributed by atoms with van der Waals surface area (Å²) < 4.78 is -0.404. The molecule has 2 fully saturated rings. The van der Waals surface area contributed by atoms with E-state index in [9.17, 15) is 14.4 Å². The average molecular weight is 247 g/mol. The predicted octanol–water partition coefficient (Wildman–Crippen LogP) is 0.765. The molecule has 1 atom stereocenters. The maximum absolute atomic E-state index is 12.0. The van der Waals surface area contributed by atoms with Crippen molar-refractivity contribution in [2.24, 2.45) is 0 Å². The van der Waals surface area contributed by atoms with Crippen LogP contribution in [0.25, 0.3) is 0 Å². The van der Waals surface area contributed by atoms with Crippen molar-refractivity contribution in [3.05, 3.63) is 0 Å². The fraction of sp³-hybridized carbons (Fsp3) is 0.667. The van der Waals surface area contributed by atoms with Crippen molar-refractivity contribution in [2.75, 3.05) is 26.2 Å². The van der Waals surface area contributed by atoms with Crippen molar-refractivity contribution in [2.45, 2.75) is 12.8 Å². The molecular formula is C9H13ClN3O3+. The van der Waals surface area contributed by atoms with Crippen LogP contribution in [0.1, 0.15) is 12.8 Å². The van der Waals surface area contributed by atoms with Crippen molar-refractivity contribution >= 4 is 29.4 Å². The largest absolute Gasteiger partial charge is 0.454 e. The topological polar surface area (TPSA) is 57.7 Å². The number of urea groups is 1. The molecule has 6 nitrogen and oxygen atoms in total. The van der Waals surface area contributed by atoms with Crippen molar-refractivity contribution in [1.82, 2.24) is 9.91 Å². The normalized spacial score (nSPS) is 31.1. The van der Waals surface area contributed by atoms with Crippen LogP contribution in [0.4, 0.5) is 9.59 Å². The molecule has 2 rings (SSSR count). The lowest BCUT2D eigenvalue weighted by atomic mass is 10.4. The number of carbonyl (C=O) groups excluding carboxylic acids is 3. The minimum Gasteiger partial charge on any atom is -0.255 e. The van der Waals surface area contributed by atoms with Gasteiger partial charge in [0.25, 0.3) is 0 Å². The lowest BCUT2D eigenvalue weighted by Gasteiger charge is -2.30. The standard InChI is InChI=1S/C9H13ClN3O3/c10-8(15)12-5-6-13(7-14,9(12)16)11-3-1-2-4-11/h7H,1-6H2/q+1. The lowest BCUT2D eigenvalue weighted by Crippen LogP contribution is -2.60. The van der Waals surface area contributed by atoms with Gasteiger partial charge in [0, 0.05) is 13.1 Å². The smallest absolute Gasteiger partial charge is 0.255 e. The highest BCUT2D eigenvalue weighted by Gasteiger charge is 2.54. The van der Waals surface area contributed by atoms with Gasteiger partial charge in [-0.1, -0.05) is 0 Å². The van der Waals surface area contributed by atoms with Crippen LogP contribution in [0, 0.1) is 0 Å². The average Bonchev–Trinajstić information content (AvgIpc) is 2.85. The van der Waals surface area contributed by atoms with Crippen molar-refractivity contribution in [3.8, 4) is 0 Å². The molecule has 2 heterocycles. The quantitative estimate of drug-likeness (QED) is 0.313. The van der Waals surface area contributed by atoms with Crippen LogP contribution in [-0.2, 0) is 4.79 Å². The van der Waals surface area contributed by atoms with Crippen molar-refractivity contribution < 1.29 is 19.0 Å². The molecule has 0 aromatic carbocycles. The SMILES string of the molecule is O=C[N+]1(N2CCCC2)CCN(C(=O)Cl)C1=O. The Morgan fingerprint density at radius 1 is 1.31 bits per heavy atom. The van der Waals surface area contributed by atoms with Gasteiger partial charge in [-0.05, 0) is 24.4 Å². The molecule has 0 bridgehead atoms. The van der Waals surface area contributed by atoms with Gasteiger partial charge in [-0.3, -0.25) is 4.79 Å². The molecule has 0 aromatic heterocycles. The Hall–Kier alpha value is -0.980. The first-order valence-electron chi connectivity index (χ1n) is 5.23. The molecule has 2 aliphatic rings. The summed E-state index contributed by atoms with van der Waals surface area (Å²) in [6.45, 7) is 1.90. The number of hydrogen-bond acceptors (Lipinski definition) is 4. The lowest BCUT2D eigenvalue weighted by molar-refractivity contribution is -0.880. The summed E-state index contributed by atoms with van der Waals surface area (Å²) in [5.74, 6) is 0. The minimum atomic E-state index is -0.814. The van der Waals surface area contributed by atoms with E-state index in [1.807, 2.05) is 0 Å². The van der Waals surface area contributed by atoms with Gasteiger partial charge in [0.1, 0.15) is 6.54 Å². The van der Waals surface area contributed by atoms with E-state index in [0.717, 1.165) is 17.7 Å². The summed E-state index contributed by atoms with van der Waals surface area (Å²) in [6.07, 6.45) is 2.54. The van der Waals surface area contributed by atoms with Gasteiger partial charge >= 0.3 is 17.8 Å². The summed E-state index contributed by atoms with van der Waals surface area (Å²) in [5.41, 5.74) is 0. The summed E-state index contributed by atoms with van der Waals surface area (Å²) in [6, 6.07) is -0.531. The zero-order valence-electron chi connectivity index (χ0n) is 8.76. The van der Waals surface area contributed by atoms with Crippen molar-refractivity contribution in [3.63, 3.8) is 0 Å². The monoisotopic (exact) mass is 246 g/mol. The van der Waals surface area contributed by atoms with Crippen LogP contribution in [0.2, 0.25) is 0 Å². The van der Waals surface area contributed by atoms with Crippen LogP contribution < -0.4 is 0 Å². The van der Waals surface area contributed by atoms with E-state index < -0.39 is 16.0 Å². The number of rotatable bonds is 2. The fourth-order valence-corrected chi connectivity index (χ4v) is 2.46. The molecule has 4 amide bonds. The van der Waals surface area contributed by atoms with Gasteiger partial charge in [0.05, 0.1) is 6.54 Å². The molecule has 88 valence electrons. The highest BCUT2D eigenvalue weighted by atomic mass is 35.5. The van der Waals surface area contributed by atoms with E-state index in [-0.39, 0.29) is 6.54 Å². The van der Waals surface area contributed by atoms with Gasteiger partial charge in [-0.15, -0.1) is 9.60 Å². The Bertz CT molecular complexity index is 343. The summed E-state index contributed by atoms with van der Waals surface area (Å²) in [5, 5.41) is 0.987. The summed E-state index contributed by atoms with van der Waals surface area (Å²) in [7, 11) is 0. The van der Waals surface area contributed by atoms with Gasteiger partial charge in [-0.25, -0.2) is 14.5 Å². The van der Waals surface area contributed by atoms with Crippen LogP contribution in [0.5, 0.6) is 0 Å². The molecule has 2 saturated heterocycles. The molecule has 7 heteroatoms. The highest BCUT2D eigenvalue weighted by Crippen LogP contribution is 2.25. The molecule has 0 saturated carbocycles. The Morgan fingerprint density at radius 2 is 1.94 bits per heavy atom. The van der Waals surface area contributed by atoms with Gasteiger partial charge in [0.15, 0.2) is 0 Å². The number of hydrogen-bond donors (Lipinski definition) is 0. The highest BCUT2D eigenvalue weighted by molar-refractivity contribution is 6.63. The Labute approximate surface area is 97.9 Å². The predicted molar refractivity (Wildman–Crippen MR) is 55.3 cm³/mol. The number of carbonyl (C=O) groups is 3. The fourth-order valence-electron chi connectivity index (χ4n) is 2.30. The van der Waals surface area contributed by atoms with E-state index in [1.165, 1.54) is 0 Å². The first kappa shape index (κ1) is 11.5. The van der Waals surface area contributed by atoms with Crippen LogP contribution >= 0.6 is 11.6 Å². The molecular weight excluding hydrogens is 234 g/mol. The number of amides is 4. The summed E-state index contributed by atoms with van der Waals surface area (Å²) >= 11 is 5.29. The molecule has 0 aliphatic carbocycles. The van der Waals surface area contributed by atoms with Crippen molar-refractivity contribution in [1.29, 1.82) is 0 Å². The maximum atomic E-state index is 12.0. The first-order chi connectivity index (χ1) is 7.62. The third kappa shape index (κ3) is 1.53. The molecule has 2 aliphatic heterocycles. The minimum absolute atomic E-state index is 0.205. The number of imide groups is 2. The summed E-state index contributed by atoms with van der Waals surface area (Å²) in [4.78, 5) is 35.2. The van der Waals surface area contributed by atoms with Gasteiger partial charge in [-0.2, -0.15) is 0 Å². The van der Waals surface area contributed by atoms with E-state index in [1.54, 1.807) is 5.01 Å². The zero-order valence-corrected chi connectivity index (χ0v) is 9.52.